The summed E-state index contributed by atoms with van der Waals surface area (Å²) in [5, 5.41) is 11.2. The summed E-state index contributed by atoms with van der Waals surface area (Å²) < 4.78 is 32.9. The van der Waals surface area contributed by atoms with Crippen LogP contribution in [0.1, 0.15) is 30.3 Å². The Bertz CT molecular complexity index is 928. The number of hydrogen-bond donors (Lipinski definition) is 1. The second-order valence-corrected chi connectivity index (χ2v) is 7.56. The van der Waals surface area contributed by atoms with E-state index in [2.05, 4.69) is 0 Å². The first-order valence-electron chi connectivity index (χ1n) is 10.3. The van der Waals surface area contributed by atoms with Gasteiger partial charge in [-0.2, -0.15) is 0 Å². The van der Waals surface area contributed by atoms with Crippen molar-refractivity contribution in [3.63, 3.8) is 0 Å². The molecule has 4 atom stereocenters. The zero-order valence-electron chi connectivity index (χ0n) is 19.0. The van der Waals surface area contributed by atoms with Crippen molar-refractivity contribution in [1.29, 1.82) is 0 Å². The van der Waals surface area contributed by atoms with Crippen LogP contribution in [0.2, 0.25) is 0 Å². The molecular formula is C24H30O8. The third-order valence-corrected chi connectivity index (χ3v) is 5.78. The molecule has 0 saturated carbocycles. The number of carbonyl (C=O) groups is 1. The zero-order chi connectivity index (χ0) is 23.3. The highest BCUT2D eigenvalue weighted by Gasteiger charge is 2.43. The maximum Gasteiger partial charge on any atom is 0.302 e. The van der Waals surface area contributed by atoms with Crippen LogP contribution in [0.4, 0.5) is 0 Å². The van der Waals surface area contributed by atoms with Crippen molar-refractivity contribution in [2.45, 2.75) is 19.1 Å². The van der Waals surface area contributed by atoms with Crippen LogP contribution in [0.3, 0.4) is 0 Å². The van der Waals surface area contributed by atoms with E-state index < -0.39 is 12.2 Å². The summed E-state index contributed by atoms with van der Waals surface area (Å²) in [6.45, 7) is 1.77. The van der Waals surface area contributed by atoms with Gasteiger partial charge in [0, 0.05) is 18.8 Å². The number of esters is 1. The normalized spacial score (nSPS) is 21.0. The largest absolute Gasteiger partial charge is 0.493 e. The van der Waals surface area contributed by atoms with Gasteiger partial charge >= 0.3 is 5.97 Å². The van der Waals surface area contributed by atoms with E-state index in [9.17, 15) is 9.90 Å². The molecule has 8 nitrogen and oxygen atoms in total. The van der Waals surface area contributed by atoms with Gasteiger partial charge < -0.3 is 33.5 Å². The Morgan fingerprint density at radius 1 is 0.969 bits per heavy atom. The Morgan fingerprint density at radius 2 is 1.56 bits per heavy atom. The molecule has 2 aromatic carbocycles. The maximum atomic E-state index is 11.5. The van der Waals surface area contributed by atoms with Crippen LogP contribution in [0.25, 0.3) is 0 Å². The molecule has 0 aromatic heterocycles. The molecule has 0 radical (unpaired) electrons. The fourth-order valence-electron chi connectivity index (χ4n) is 4.09. The lowest BCUT2D eigenvalue weighted by Crippen LogP contribution is -2.27. The van der Waals surface area contributed by atoms with Gasteiger partial charge in [-0.25, -0.2) is 0 Å². The van der Waals surface area contributed by atoms with Gasteiger partial charge in [0.2, 0.25) is 0 Å². The first-order valence-corrected chi connectivity index (χ1v) is 10.3. The minimum Gasteiger partial charge on any atom is -0.493 e. The molecule has 3 rings (SSSR count). The predicted molar refractivity (Wildman–Crippen MR) is 116 cm³/mol. The Hall–Kier alpha value is -2.97. The van der Waals surface area contributed by atoms with Crippen LogP contribution in [-0.4, -0.2) is 52.7 Å². The van der Waals surface area contributed by atoms with Crippen molar-refractivity contribution < 1.29 is 38.3 Å². The predicted octanol–water partition coefficient (Wildman–Crippen LogP) is 3.32. The van der Waals surface area contributed by atoms with Crippen LogP contribution in [0.5, 0.6) is 23.0 Å². The summed E-state index contributed by atoms with van der Waals surface area (Å²) in [5.74, 6) is 1.30. The number of methoxy groups -OCH3 is 4. The SMILES string of the molecule is COc1ccc([C@@H](O)[C@@H]2CO[C@H](c3ccc(OC)c(OC)c3)[C@H]2COC(C)=O)cc1OC. The number of aliphatic hydroxyl groups is 1. The van der Waals surface area contributed by atoms with Crippen molar-refractivity contribution >= 4 is 5.97 Å². The minimum absolute atomic E-state index is 0.114. The molecule has 1 saturated heterocycles. The Morgan fingerprint density at radius 3 is 2.16 bits per heavy atom. The van der Waals surface area contributed by atoms with Gasteiger partial charge in [0.05, 0.1) is 53.9 Å². The average Bonchev–Trinajstić information content (AvgIpc) is 3.25. The first-order chi connectivity index (χ1) is 15.4. The lowest BCUT2D eigenvalue weighted by Gasteiger charge is -2.27. The average molecular weight is 446 g/mol. The van der Waals surface area contributed by atoms with E-state index in [0.717, 1.165) is 5.56 Å². The molecule has 0 spiro atoms. The van der Waals surface area contributed by atoms with Crippen LogP contribution < -0.4 is 18.9 Å². The van der Waals surface area contributed by atoms with Gasteiger partial charge in [0.25, 0.3) is 0 Å². The Kier molecular flexibility index (Phi) is 7.82. The smallest absolute Gasteiger partial charge is 0.302 e. The molecule has 1 aliphatic rings. The summed E-state index contributed by atoms with van der Waals surface area (Å²) in [6, 6.07) is 10.8. The first kappa shape index (κ1) is 23.7. The molecule has 0 unspecified atom stereocenters. The summed E-state index contributed by atoms with van der Waals surface area (Å²) in [7, 11) is 6.24. The van der Waals surface area contributed by atoms with Crippen LogP contribution in [0, 0.1) is 11.8 Å². The van der Waals surface area contributed by atoms with E-state index in [4.69, 9.17) is 28.4 Å². The third kappa shape index (κ3) is 4.92. The van der Waals surface area contributed by atoms with Gasteiger partial charge in [-0.15, -0.1) is 0 Å². The van der Waals surface area contributed by atoms with Crippen LogP contribution >= 0.6 is 0 Å². The lowest BCUT2D eigenvalue weighted by molar-refractivity contribution is -0.143. The number of hydrogen-bond acceptors (Lipinski definition) is 8. The Balaban J connectivity index is 1.91. The lowest BCUT2D eigenvalue weighted by atomic mass is 9.82. The van der Waals surface area contributed by atoms with Crippen molar-refractivity contribution in [3.05, 3.63) is 47.5 Å². The molecule has 1 fully saturated rings. The molecule has 174 valence electrons. The number of benzene rings is 2. The molecule has 1 heterocycles. The number of carbonyl (C=O) groups excluding carboxylic acids is 1. The number of rotatable bonds is 9. The Labute approximate surface area is 187 Å². The zero-order valence-corrected chi connectivity index (χ0v) is 19.0. The molecule has 1 aliphatic heterocycles. The molecule has 32 heavy (non-hydrogen) atoms. The van der Waals surface area contributed by atoms with Gasteiger partial charge in [-0.1, -0.05) is 12.1 Å². The maximum absolute atomic E-state index is 11.5. The van der Waals surface area contributed by atoms with E-state index in [0.29, 0.717) is 35.2 Å². The van der Waals surface area contributed by atoms with Crippen molar-refractivity contribution in [2.75, 3.05) is 41.7 Å². The molecular weight excluding hydrogens is 416 g/mol. The van der Waals surface area contributed by atoms with E-state index >= 15 is 0 Å². The van der Waals surface area contributed by atoms with E-state index in [-0.39, 0.29) is 24.4 Å². The standard InChI is InChI=1S/C24H30O8/c1-14(25)31-13-18-17(23(26)15-6-8-19(27-2)21(10-15)29-4)12-32-24(18)16-7-9-20(28-3)22(11-16)30-5/h6-11,17-18,23-24,26H,12-13H2,1-5H3/t17-,18+,23-,24-/m1/s1. The van der Waals surface area contributed by atoms with Gasteiger partial charge in [0.1, 0.15) is 0 Å². The number of ether oxygens (including phenoxy) is 6. The molecule has 0 bridgehead atoms. The van der Waals surface area contributed by atoms with E-state index in [1.165, 1.54) is 6.92 Å². The summed E-state index contributed by atoms with van der Waals surface area (Å²) in [4.78, 5) is 11.5. The third-order valence-electron chi connectivity index (χ3n) is 5.78. The fourth-order valence-corrected chi connectivity index (χ4v) is 4.09. The summed E-state index contributed by atoms with van der Waals surface area (Å²) in [6.07, 6.45) is -1.26. The second kappa shape index (κ2) is 10.6. The van der Waals surface area contributed by atoms with Crippen molar-refractivity contribution in [2.24, 2.45) is 11.8 Å². The van der Waals surface area contributed by atoms with Crippen molar-refractivity contribution in [3.8, 4) is 23.0 Å². The van der Waals surface area contributed by atoms with E-state index in [1.54, 1.807) is 52.7 Å². The second-order valence-electron chi connectivity index (χ2n) is 7.56. The molecule has 0 aliphatic carbocycles. The minimum atomic E-state index is -0.861. The van der Waals surface area contributed by atoms with Gasteiger partial charge in [-0.05, 0) is 35.4 Å². The van der Waals surface area contributed by atoms with Crippen LogP contribution in [-0.2, 0) is 14.3 Å². The quantitative estimate of drug-likeness (QED) is 0.587. The summed E-state index contributed by atoms with van der Waals surface area (Å²) >= 11 is 0. The topological polar surface area (TPSA) is 92.7 Å². The van der Waals surface area contributed by atoms with Crippen LogP contribution in [0.15, 0.2) is 36.4 Å². The molecule has 1 N–H and O–H groups in total. The number of aliphatic hydroxyl groups excluding tert-OH is 1. The fraction of sp³-hybridized carbons (Fsp3) is 0.458. The summed E-state index contributed by atoms with van der Waals surface area (Å²) in [5.41, 5.74) is 1.51. The van der Waals surface area contributed by atoms with Crippen molar-refractivity contribution in [1.82, 2.24) is 0 Å². The highest BCUT2D eigenvalue weighted by atomic mass is 16.5. The van der Waals surface area contributed by atoms with Gasteiger partial charge in [0.15, 0.2) is 23.0 Å². The monoisotopic (exact) mass is 446 g/mol. The van der Waals surface area contributed by atoms with E-state index in [1.807, 2.05) is 12.1 Å². The highest BCUT2D eigenvalue weighted by Crippen LogP contribution is 2.46. The highest BCUT2D eigenvalue weighted by molar-refractivity contribution is 5.65. The molecule has 0 amide bonds. The van der Waals surface area contributed by atoms with Gasteiger partial charge in [-0.3, -0.25) is 4.79 Å². The molecule has 8 heteroatoms. The molecule has 2 aromatic rings.